The van der Waals surface area contributed by atoms with Crippen molar-refractivity contribution < 1.29 is 9.59 Å². The molecule has 0 aliphatic heterocycles. The van der Waals surface area contributed by atoms with Crippen LogP contribution in [0.2, 0.25) is 0 Å². The van der Waals surface area contributed by atoms with Gasteiger partial charge in [0.1, 0.15) is 0 Å². The number of para-hydroxylation sites is 1. The van der Waals surface area contributed by atoms with Crippen LogP contribution in [-0.2, 0) is 4.79 Å². The van der Waals surface area contributed by atoms with E-state index < -0.39 is 6.03 Å². The summed E-state index contributed by atoms with van der Waals surface area (Å²) < 4.78 is 0. The molecule has 1 rings (SSSR count). The van der Waals surface area contributed by atoms with Gasteiger partial charge in [-0.25, -0.2) is 4.79 Å². The highest BCUT2D eigenvalue weighted by Gasteiger charge is 2.17. The molecule has 0 aliphatic carbocycles. The minimum Gasteiger partial charge on any atom is -0.308 e. The van der Waals surface area contributed by atoms with Crippen molar-refractivity contribution in [1.82, 2.24) is 10.2 Å². The van der Waals surface area contributed by atoms with Gasteiger partial charge in [0.05, 0.1) is 6.04 Å². The number of carbonyl (C=O) groups excluding carboxylic acids is 2. The van der Waals surface area contributed by atoms with Gasteiger partial charge in [-0.15, -0.1) is 0 Å². The monoisotopic (exact) mass is 235 g/mol. The molecule has 0 saturated heterocycles. The number of imide groups is 1. The Morgan fingerprint density at radius 1 is 1.18 bits per heavy atom. The summed E-state index contributed by atoms with van der Waals surface area (Å²) in [4.78, 5) is 24.8. The summed E-state index contributed by atoms with van der Waals surface area (Å²) in [6.07, 6.45) is 0. The minimum absolute atomic E-state index is 0.330. The third-order valence-corrected chi connectivity index (χ3v) is 2.42. The van der Waals surface area contributed by atoms with Gasteiger partial charge in [0.25, 0.3) is 0 Å². The standard InChI is InChI=1S/C12H17N3O2/c1-9(15(2)3)11(16)14-12(17)13-10-7-5-4-6-8-10/h4-9H,1-3H3,(H2,13,14,16,17). The molecule has 0 aromatic heterocycles. The summed E-state index contributed by atoms with van der Waals surface area (Å²) in [7, 11) is 3.55. The van der Waals surface area contributed by atoms with Crippen molar-refractivity contribution >= 4 is 17.6 Å². The van der Waals surface area contributed by atoms with Gasteiger partial charge in [0, 0.05) is 5.69 Å². The Labute approximate surface area is 101 Å². The van der Waals surface area contributed by atoms with Crippen LogP contribution in [0.1, 0.15) is 6.92 Å². The molecule has 0 radical (unpaired) electrons. The van der Waals surface area contributed by atoms with Crippen molar-refractivity contribution in [1.29, 1.82) is 0 Å². The lowest BCUT2D eigenvalue weighted by Crippen LogP contribution is -2.45. The Morgan fingerprint density at radius 2 is 1.76 bits per heavy atom. The molecule has 3 amide bonds. The van der Waals surface area contributed by atoms with E-state index in [-0.39, 0.29) is 11.9 Å². The van der Waals surface area contributed by atoms with E-state index >= 15 is 0 Å². The molecule has 0 spiro atoms. The second-order valence-corrected chi connectivity index (χ2v) is 3.95. The predicted molar refractivity (Wildman–Crippen MR) is 66.8 cm³/mol. The lowest BCUT2D eigenvalue weighted by Gasteiger charge is -2.18. The van der Waals surface area contributed by atoms with Gasteiger partial charge in [-0.2, -0.15) is 0 Å². The summed E-state index contributed by atoms with van der Waals surface area (Å²) in [6.45, 7) is 1.73. The van der Waals surface area contributed by atoms with E-state index in [0.29, 0.717) is 5.69 Å². The van der Waals surface area contributed by atoms with Gasteiger partial charge < -0.3 is 5.32 Å². The van der Waals surface area contributed by atoms with Gasteiger partial charge >= 0.3 is 6.03 Å². The Bertz CT molecular complexity index is 390. The number of rotatable bonds is 3. The minimum atomic E-state index is -0.519. The van der Waals surface area contributed by atoms with Crippen LogP contribution < -0.4 is 10.6 Å². The third-order valence-electron chi connectivity index (χ3n) is 2.42. The molecule has 0 aliphatic rings. The number of hydrogen-bond acceptors (Lipinski definition) is 3. The Kier molecular flexibility index (Phi) is 4.66. The van der Waals surface area contributed by atoms with Crippen molar-refractivity contribution in [3.05, 3.63) is 30.3 Å². The molecule has 0 saturated carbocycles. The van der Waals surface area contributed by atoms with Crippen LogP contribution in [0, 0.1) is 0 Å². The van der Waals surface area contributed by atoms with Gasteiger partial charge in [-0.3, -0.25) is 15.0 Å². The molecule has 2 N–H and O–H groups in total. The quantitative estimate of drug-likeness (QED) is 0.829. The van der Waals surface area contributed by atoms with Gasteiger partial charge in [0.15, 0.2) is 0 Å². The zero-order valence-corrected chi connectivity index (χ0v) is 10.2. The molecule has 92 valence electrons. The van der Waals surface area contributed by atoms with E-state index in [9.17, 15) is 9.59 Å². The molecule has 5 heteroatoms. The third kappa shape index (κ3) is 4.24. The number of nitrogens with zero attached hydrogens (tertiary/aromatic N) is 1. The van der Waals surface area contributed by atoms with Crippen molar-refractivity contribution in [2.45, 2.75) is 13.0 Å². The van der Waals surface area contributed by atoms with Crippen LogP contribution >= 0.6 is 0 Å². The molecule has 5 nitrogen and oxygen atoms in total. The molecular formula is C12H17N3O2. The molecule has 1 aromatic carbocycles. The fraction of sp³-hybridized carbons (Fsp3) is 0.333. The summed E-state index contributed by atoms with van der Waals surface area (Å²) >= 11 is 0. The number of nitrogens with one attached hydrogen (secondary N) is 2. The lowest BCUT2D eigenvalue weighted by atomic mass is 10.3. The molecule has 0 fully saturated rings. The Morgan fingerprint density at radius 3 is 2.29 bits per heavy atom. The van der Waals surface area contributed by atoms with Crippen LogP contribution in [0.5, 0.6) is 0 Å². The first-order chi connectivity index (χ1) is 8.00. The number of anilines is 1. The highest BCUT2D eigenvalue weighted by molar-refractivity contribution is 6.02. The fourth-order valence-corrected chi connectivity index (χ4v) is 1.13. The van der Waals surface area contributed by atoms with Crippen LogP contribution in [0.15, 0.2) is 30.3 Å². The van der Waals surface area contributed by atoms with Gasteiger partial charge in [-0.05, 0) is 33.2 Å². The maximum Gasteiger partial charge on any atom is 0.325 e. The number of hydrogen-bond donors (Lipinski definition) is 2. The maximum absolute atomic E-state index is 11.6. The second kappa shape index (κ2) is 6.00. The van der Waals surface area contributed by atoms with Gasteiger partial charge in [-0.1, -0.05) is 18.2 Å². The first-order valence-electron chi connectivity index (χ1n) is 5.34. The second-order valence-electron chi connectivity index (χ2n) is 3.95. The normalized spacial score (nSPS) is 12.0. The SMILES string of the molecule is CC(C(=O)NC(=O)Nc1ccccc1)N(C)C. The van der Waals surface area contributed by atoms with Crippen molar-refractivity contribution in [3.8, 4) is 0 Å². The summed E-state index contributed by atoms with van der Waals surface area (Å²) in [6, 6.07) is 8.09. The number of carbonyl (C=O) groups is 2. The smallest absolute Gasteiger partial charge is 0.308 e. The topological polar surface area (TPSA) is 61.4 Å². The average Bonchev–Trinajstić information content (AvgIpc) is 2.28. The molecule has 17 heavy (non-hydrogen) atoms. The zero-order valence-electron chi connectivity index (χ0n) is 10.2. The Hall–Kier alpha value is -1.88. The van der Waals surface area contributed by atoms with Crippen LogP contribution in [0.3, 0.4) is 0 Å². The van der Waals surface area contributed by atoms with E-state index in [4.69, 9.17) is 0 Å². The first kappa shape index (κ1) is 13.2. The molecule has 1 atom stereocenters. The molecule has 1 unspecified atom stereocenters. The van der Waals surface area contributed by atoms with Crippen molar-refractivity contribution in [3.63, 3.8) is 0 Å². The largest absolute Gasteiger partial charge is 0.325 e. The molecule has 0 heterocycles. The van der Waals surface area contributed by atoms with E-state index in [2.05, 4.69) is 10.6 Å². The molecule has 1 aromatic rings. The maximum atomic E-state index is 11.6. The van der Waals surface area contributed by atoms with Crippen molar-refractivity contribution in [2.75, 3.05) is 19.4 Å². The lowest BCUT2D eigenvalue weighted by molar-refractivity contribution is -0.123. The van der Waals surface area contributed by atoms with E-state index in [1.54, 1.807) is 50.2 Å². The molecular weight excluding hydrogens is 218 g/mol. The highest BCUT2D eigenvalue weighted by Crippen LogP contribution is 2.04. The Balaban J connectivity index is 2.48. The van der Waals surface area contributed by atoms with Gasteiger partial charge in [0.2, 0.25) is 5.91 Å². The van der Waals surface area contributed by atoms with Crippen LogP contribution in [0.4, 0.5) is 10.5 Å². The zero-order chi connectivity index (χ0) is 12.8. The fourth-order valence-electron chi connectivity index (χ4n) is 1.13. The number of urea groups is 1. The first-order valence-corrected chi connectivity index (χ1v) is 5.34. The number of benzene rings is 1. The van der Waals surface area contributed by atoms with Crippen LogP contribution in [-0.4, -0.2) is 37.0 Å². The highest BCUT2D eigenvalue weighted by atomic mass is 16.2. The molecule has 0 bridgehead atoms. The summed E-state index contributed by atoms with van der Waals surface area (Å²) in [5.41, 5.74) is 0.648. The predicted octanol–water partition coefficient (Wildman–Crippen LogP) is 1.28. The average molecular weight is 235 g/mol. The summed E-state index contributed by atoms with van der Waals surface area (Å²) in [5, 5.41) is 4.86. The van der Waals surface area contributed by atoms with E-state index in [1.807, 2.05) is 6.07 Å². The van der Waals surface area contributed by atoms with E-state index in [1.165, 1.54) is 0 Å². The van der Waals surface area contributed by atoms with Crippen molar-refractivity contribution in [2.24, 2.45) is 0 Å². The number of likely N-dealkylation sites (N-methyl/N-ethyl adjacent to an activating group) is 1. The number of amides is 3. The summed E-state index contributed by atoms with van der Waals surface area (Å²) in [5.74, 6) is -0.330. The van der Waals surface area contributed by atoms with Crippen LogP contribution in [0.25, 0.3) is 0 Å². The van der Waals surface area contributed by atoms with E-state index in [0.717, 1.165) is 0 Å².